The fourth-order valence-corrected chi connectivity index (χ4v) is 3.58. The minimum Gasteiger partial charge on any atom is -0.352 e. The average molecular weight is 417 g/mol. The topological polar surface area (TPSA) is 54.7 Å². The van der Waals surface area contributed by atoms with Crippen LogP contribution in [0.3, 0.4) is 0 Å². The number of aromatic nitrogens is 3. The van der Waals surface area contributed by atoms with Crippen LogP contribution in [0, 0.1) is 12.7 Å². The van der Waals surface area contributed by atoms with Crippen LogP contribution in [0.4, 0.5) is 17.6 Å². The van der Waals surface area contributed by atoms with Crippen molar-refractivity contribution in [3.63, 3.8) is 0 Å². The lowest BCUT2D eigenvalue weighted by molar-refractivity contribution is -0.137. The highest BCUT2D eigenvalue weighted by Gasteiger charge is 2.35. The third-order valence-corrected chi connectivity index (χ3v) is 4.94. The second-order valence-corrected chi connectivity index (χ2v) is 8.21. The van der Waals surface area contributed by atoms with Crippen LogP contribution in [0.25, 0.3) is 33.7 Å². The molecule has 2 heterocycles. The molecule has 1 N–H and O–H groups in total. The number of H-pyrrole nitrogens is 1. The highest BCUT2D eigenvalue weighted by atomic mass is 19.4. The molecule has 0 aliphatic rings. The Morgan fingerprint density at radius 1 is 1.03 bits per heavy atom. The molecule has 0 bridgehead atoms. The van der Waals surface area contributed by atoms with Crippen LogP contribution in [-0.2, 0) is 11.6 Å². The fourth-order valence-electron chi connectivity index (χ4n) is 3.58. The average Bonchev–Trinajstić information content (AvgIpc) is 3.22. The molecule has 0 fully saturated rings. The number of hydrogen-bond donors (Lipinski definition) is 1. The zero-order valence-corrected chi connectivity index (χ0v) is 16.8. The molecule has 0 amide bonds. The number of rotatable bonds is 2. The largest absolute Gasteiger partial charge is 0.417 e. The van der Waals surface area contributed by atoms with Gasteiger partial charge < -0.3 is 9.51 Å². The van der Waals surface area contributed by atoms with E-state index in [0.717, 1.165) is 29.5 Å². The van der Waals surface area contributed by atoms with E-state index in [0.29, 0.717) is 22.6 Å². The molecule has 0 saturated heterocycles. The Balaban J connectivity index is 1.84. The van der Waals surface area contributed by atoms with Gasteiger partial charge in [-0.2, -0.15) is 13.2 Å². The molecule has 4 nitrogen and oxygen atoms in total. The van der Waals surface area contributed by atoms with Gasteiger partial charge in [0.05, 0.1) is 22.3 Å². The minimum atomic E-state index is -4.67. The maximum absolute atomic E-state index is 14.4. The summed E-state index contributed by atoms with van der Waals surface area (Å²) in [6.07, 6.45) is -4.67. The van der Waals surface area contributed by atoms with E-state index in [4.69, 9.17) is 4.52 Å². The van der Waals surface area contributed by atoms with Gasteiger partial charge in [0.15, 0.2) is 5.82 Å². The first-order valence-corrected chi connectivity index (χ1v) is 9.30. The van der Waals surface area contributed by atoms with Crippen molar-refractivity contribution in [2.45, 2.75) is 39.3 Å². The Bertz CT molecular complexity index is 1250. The van der Waals surface area contributed by atoms with Crippen LogP contribution in [0.1, 0.15) is 37.6 Å². The summed E-state index contributed by atoms with van der Waals surface area (Å²) < 4.78 is 60.0. The zero-order chi connectivity index (χ0) is 21.8. The van der Waals surface area contributed by atoms with E-state index in [2.05, 4.69) is 15.1 Å². The van der Waals surface area contributed by atoms with Gasteiger partial charge in [-0.15, -0.1) is 0 Å². The van der Waals surface area contributed by atoms with Crippen molar-refractivity contribution in [2.75, 3.05) is 0 Å². The Labute approximate surface area is 169 Å². The van der Waals surface area contributed by atoms with Crippen LogP contribution in [-0.4, -0.2) is 15.1 Å². The molecule has 4 rings (SSSR count). The van der Waals surface area contributed by atoms with E-state index in [9.17, 15) is 17.6 Å². The SMILES string of the molecule is Cc1c(C(C)(C)C)noc1-c1nc2ccc(-c3c(F)cccc3C(F)(F)F)cc2[nH]1. The monoisotopic (exact) mass is 417 g/mol. The molecule has 0 spiro atoms. The predicted molar refractivity (Wildman–Crippen MR) is 105 cm³/mol. The summed E-state index contributed by atoms with van der Waals surface area (Å²) in [6.45, 7) is 7.91. The van der Waals surface area contributed by atoms with E-state index in [1.54, 1.807) is 6.07 Å². The third kappa shape index (κ3) is 3.36. The van der Waals surface area contributed by atoms with Gasteiger partial charge in [0, 0.05) is 16.5 Å². The number of hydrogen-bond acceptors (Lipinski definition) is 3. The van der Waals surface area contributed by atoms with Gasteiger partial charge in [-0.25, -0.2) is 9.37 Å². The summed E-state index contributed by atoms with van der Waals surface area (Å²) in [5.74, 6) is -0.0726. The lowest BCUT2D eigenvalue weighted by atomic mass is 9.89. The molecule has 30 heavy (non-hydrogen) atoms. The standard InChI is InChI=1S/C22H19F4N3O/c1-11-18(30-29-19(11)21(2,3)4)20-27-15-9-8-12(10-16(15)28-20)17-13(22(24,25)26)6-5-7-14(17)23/h5-10H,1-4H3,(H,27,28). The molecule has 156 valence electrons. The third-order valence-electron chi connectivity index (χ3n) is 4.94. The molecule has 0 saturated carbocycles. The molecule has 8 heteroatoms. The van der Waals surface area contributed by atoms with Gasteiger partial charge in [0.1, 0.15) is 5.82 Å². The molecule has 2 aromatic carbocycles. The molecule has 0 aliphatic carbocycles. The Hall–Kier alpha value is -3.16. The fraction of sp³-hybridized carbons (Fsp3) is 0.273. The first kappa shape index (κ1) is 20.1. The number of nitrogens with one attached hydrogen (secondary N) is 1. The summed E-state index contributed by atoms with van der Waals surface area (Å²) in [6, 6.07) is 7.36. The molecule has 2 aromatic heterocycles. The van der Waals surface area contributed by atoms with Crippen LogP contribution in [0.2, 0.25) is 0 Å². The molecule has 4 aromatic rings. The van der Waals surface area contributed by atoms with Gasteiger partial charge in [-0.05, 0) is 36.8 Å². The van der Waals surface area contributed by atoms with Crippen molar-refractivity contribution in [1.29, 1.82) is 0 Å². The van der Waals surface area contributed by atoms with Gasteiger partial charge >= 0.3 is 6.18 Å². The van der Waals surface area contributed by atoms with Crippen molar-refractivity contribution in [3.05, 3.63) is 59.0 Å². The molecule has 0 unspecified atom stereocenters. The van der Waals surface area contributed by atoms with Crippen LogP contribution < -0.4 is 0 Å². The number of aromatic amines is 1. The van der Waals surface area contributed by atoms with Crippen molar-refractivity contribution in [3.8, 4) is 22.7 Å². The minimum absolute atomic E-state index is 0.104. The van der Waals surface area contributed by atoms with Crippen molar-refractivity contribution in [2.24, 2.45) is 0 Å². The van der Waals surface area contributed by atoms with Crippen molar-refractivity contribution >= 4 is 11.0 Å². The normalized spacial score (nSPS) is 12.7. The summed E-state index contributed by atoms with van der Waals surface area (Å²) in [7, 11) is 0. The zero-order valence-electron chi connectivity index (χ0n) is 16.8. The summed E-state index contributed by atoms with van der Waals surface area (Å²) in [4.78, 5) is 7.52. The second-order valence-electron chi connectivity index (χ2n) is 8.21. The highest BCUT2D eigenvalue weighted by molar-refractivity contribution is 5.85. The Morgan fingerprint density at radius 3 is 2.40 bits per heavy atom. The number of nitrogens with zero attached hydrogens (tertiary/aromatic N) is 2. The Morgan fingerprint density at radius 2 is 1.77 bits per heavy atom. The number of benzene rings is 2. The lowest BCUT2D eigenvalue weighted by Crippen LogP contribution is -2.13. The number of alkyl halides is 3. The lowest BCUT2D eigenvalue weighted by Gasteiger charge is -2.14. The molecule has 0 radical (unpaired) electrons. The van der Waals surface area contributed by atoms with Crippen LogP contribution >= 0.6 is 0 Å². The van der Waals surface area contributed by atoms with E-state index in [1.807, 2.05) is 27.7 Å². The predicted octanol–water partition coefficient (Wildman–Crippen LogP) is 6.65. The molecular weight excluding hydrogens is 398 g/mol. The second kappa shape index (κ2) is 6.68. The van der Waals surface area contributed by atoms with Gasteiger partial charge in [0.25, 0.3) is 0 Å². The Kier molecular flexibility index (Phi) is 4.48. The maximum atomic E-state index is 14.4. The first-order valence-electron chi connectivity index (χ1n) is 9.30. The van der Waals surface area contributed by atoms with E-state index in [-0.39, 0.29) is 11.0 Å². The van der Waals surface area contributed by atoms with Crippen molar-refractivity contribution < 1.29 is 22.1 Å². The smallest absolute Gasteiger partial charge is 0.352 e. The molecular formula is C22H19F4N3O. The highest BCUT2D eigenvalue weighted by Crippen LogP contribution is 2.39. The van der Waals surface area contributed by atoms with Gasteiger partial charge in [-0.1, -0.05) is 38.1 Å². The van der Waals surface area contributed by atoms with Crippen molar-refractivity contribution in [1.82, 2.24) is 15.1 Å². The van der Waals surface area contributed by atoms with E-state index in [1.165, 1.54) is 12.1 Å². The first-order chi connectivity index (χ1) is 14.0. The van der Waals surface area contributed by atoms with Gasteiger partial charge in [0.2, 0.25) is 5.76 Å². The number of imidazole rings is 1. The molecule has 0 atom stereocenters. The summed E-state index contributed by atoms with van der Waals surface area (Å²) in [5.41, 5.74) is 0.974. The van der Waals surface area contributed by atoms with Crippen LogP contribution in [0.15, 0.2) is 40.9 Å². The van der Waals surface area contributed by atoms with Gasteiger partial charge in [-0.3, -0.25) is 0 Å². The van der Waals surface area contributed by atoms with E-state index >= 15 is 0 Å². The summed E-state index contributed by atoms with van der Waals surface area (Å²) >= 11 is 0. The number of halogens is 4. The van der Waals surface area contributed by atoms with E-state index < -0.39 is 23.1 Å². The molecule has 0 aliphatic heterocycles. The summed E-state index contributed by atoms with van der Waals surface area (Å²) in [5, 5.41) is 4.14. The van der Waals surface area contributed by atoms with Crippen LogP contribution in [0.5, 0.6) is 0 Å². The quantitative estimate of drug-likeness (QED) is 0.372. The number of fused-ring (bicyclic) bond motifs is 1. The maximum Gasteiger partial charge on any atom is 0.417 e.